The fraction of sp³-hybridized carbons (Fsp3) is 0.350. The number of halogens is 1. The van der Waals surface area contributed by atoms with Crippen LogP contribution in [0.25, 0.3) is 5.95 Å². The number of hydrogen-bond donors (Lipinski definition) is 2. The molecule has 28 heavy (non-hydrogen) atoms. The molecule has 3 aromatic rings. The molecule has 8 heteroatoms. The topological polar surface area (TPSA) is 71.2 Å². The molecular weight excluding hydrogens is 376 g/mol. The van der Waals surface area contributed by atoms with Crippen LogP contribution < -0.4 is 9.80 Å². The van der Waals surface area contributed by atoms with E-state index < -0.39 is 0 Å². The normalized spacial score (nSPS) is 15.2. The van der Waals surface area contributed by atoms with E-state index in [2.05, 4.69) is 26.1 Å². The molecule has 0 aliphatic carbocycles. The van der Waals surface area contributed by atoms with Gasteiger partial charge < -0.3 is 9.80 Å². The Hall–Kier alpha value is -2.64. The number of quaternary nitrogens is 1. The van der Waals surface area contributed by atoms with E-state index in [9.17, 15) is 4.79 Å². The maximum absolute atomic E-state index is 13.0. The number of hydrogen-bond acceptors (Lipinski definition) is 4. The van der Waals surface area contributed by atoms with Crippen molar-refractivity contribution in [1.82, 2.24) is 19.7 Å². The van der Waals surface area contributed by atoms with Gasteiger partial charge in [-0.05, 0) is 32.0 Å². The summed E-state index contributed by atoms with van der Waals surface area (Å²) >= 11 is 6.32. The third kappa shape index (κ3) is 3.55. The lowest BCUT2D eigenvalue weighted by atomic mass is 10.1. The van der Waals surface area contributed by atoms with Crippen LogP contribution in [-0.2, 0) is 0 Å². The van der Waals surface area contributed by atoms with Gasteiger partial charge in [0.15, 0.2) is 0 Å². The summed E-state index contributed by atoms with van der Waals surface area (Å²) in [7, 11) is 0. The first kappa shape index (κ1) is 18.7. The fourth-order valence-corrected chi connectivity index (χ4v) is 4.20. The van der Waals surface area contributed by atoms with E-state index in [0.717, 1.165) is 53.8 Å². The lowest BCUT2D eigenvalue weighted by molar-refractivity contribution is -0.892. The van der Waals surface area contributed by atoms with Gasteiger partial charge in [-0.25, -0.2) is 5.10 Å². The van der Waals surface area contributed by atoms with Crippen molar-refractivity contribution in [3.05, 3.63) is 58.6 Å². The average Bonchev–Trinajstić information content (AvgIpc) is 3.30. The summed E-state index contributed by atoms with van der Waals surface area (Å²) in [6.45, 7) is 8.04. The summed E-state index contributed by atoms with van der Waals surface area (Å²) in [6.07, 6.45) is 1.47. The maximum Gasteiger partial charge on any atom is 0.229 e. The van der Waals surface area contributed by atoms with E-state index in [0.29, 0.717) is 12.5 Å². The van der Waals surface area contributed by atoms with Gasteiger partial charge >= 0.3 is 0 Å². The molecule has 0 atom stereocenters. The molecule has 0 amide bonds. The lowest BCUT2D eigenvalue weighted by Gasteiger charge is -2.33. The molecule has 146 valence electrons. The minimum atomic E-state index is 0.167. The van der Waals surface area contributed by atoms with Crippen molar-refractivity contribution < 1.29 is 9.69 Å². The first-order valence-electron chi connectivity index (χ1n) is 9.45. The number of nitrogens with zero attached hydrogens (tertiary/aromatic N) is 4. The minimum Gasteiger partial charge on any atom is -0.359 e. The summed E-state index contributed by atoms with van der Waals surface area (Å²) in [5, 5.41) is 7.55. The zero-order chi connectivity index (χ0) is 19.7. The van der Waals surface area contributed by atoms with E-state index in [1.807, 2.05) is 42.7 Å². The Labute approximate surface area is 168 Å². The number of Topliss-reactive ketones (excluding diaryl/α,β-unsaturated/α-hetero) is 1. The summed E-state index contributed by atoms with van der Waals surface area (Å²) in [6, 6.07) is 9.87. The van der Waals surface area contributed by atoms with Gasteiger partial charge in [0.05, 0.1) is 36.9 Å². The predicted octanol–water partition coefficient (Wildman–Crippen LogP) is 1.45. The van der Waals surface area contributed by atoms with Crippen molar-refractivity contribution in [2.24, 2.45) is 0 Å². The summed E-state index contributed by atoms with van der Waals surface area (Å²) < 4.78 is 1.94. The Morgan fingerprint density at radius 1 is 1.25 bits per heavy atom. The van der Waals surface area contributed by atoms with Gasteiger partial charge in [-0.3, -0.25) is 9.36 Å². The number of nitrogens with one attached hydrogen (secondary N) is 2. The van der Waals surface area contributed by atoms with Crippen LogP contribution in [-0.4, -0.2) is 58.3 Å². The van der Waals surface area contributed by atoms with Crippen LogP contribution in [0.3, 0.4) is 0 Å². The number of H-pyrrole nitrogens is 1. The first-order valence-corrected chi connectivity index (χ1v) is 9.83. The van der Waals surface area contributed by atoms with Crippen molar-refractivity contribution in [1.29, 1.82) is 0 Å². The highest BCUT2D eigenvalue weighted by Crippen LogP contribution is 2.25. The quantitative estimate of drug-likeness (QED) is 0.637. The molecular formula is C20H24ClN6O+. The number of piperazine rings is 1. The number of para-hydroxylation sites is 1. The van der Waals surface area contributed by atoms with Crippen molar-refractivity contribution in [3.63, 3.8) is 0 Å². The Kier molecular flexibility index (Phi) is 5.19. The van der Waals surface area contributed by atoms with Gasteiger partial charge in [-0.2, -0.15) is 10.1 Å². The fourth-order valence-electron chi connectivity index (χ4n) is 3.95. The highest BCUT2D eigenvalue weighted by molar-refractivity contribution is 6.33. The largest absolute Gasteiger partial charge is 0.359 e. The highest BCUT2D eigenvalue weighted by Gasteiger charge is 2.26. The van der Waals surface area contributed by atoms with E-state index in [4.69, 9.17) is 11.6 Å². The second-order valence-electron chi connectivity index (χ2n) is 7.22. The number of carbonyl (C=O) groups excluding carboxylic acids is 1. The molecule has 2 N–H and O–H groups in total. The summed E-state index contributed by atoms with van der Waals surface area (Å²) in [5.41, 5.74) is 3.70. The molecule has 1 saturated heterocycles. The van der Waals surface area contributed by atoms with Crippen LogP contribution in [0.5, 0.6) is 0 Å². The van der Waals surface area contributed by atoms with E-state index in [-0.39, 0.29) is 5.78 Å². The number of aromatic amines is 1. The number of anilines is 1. The number of carbonyl (C=O) groups is 1. The highest BCUT2D eigenvalue weighted by atomic mass is 35.5. The Morgan fingerprint density at radius 2 is 2.00 bits per heavy atom. The van der Waals surface area contributed by atoms with E-state index in [1.54, 1.807) is 0 Å². The molecule has 2 aromatic heterocycles. The molecule has 1 fully saturated rings. The SMILES string of the molecule is Cc1cc(C(=O)C[NH+]2CCN(c3ccccc3Cl)CC2)c(C)n1-c1ncn[nH]1. The molecule has 1 aliphatic rings. The van der Waals surface area contributed by atoms with Gasteiger partial charge in [0.1, 0.15) is 12.9 Å². The molecule has 3 heterocycles. The molecule has 1 aliphatic heterocycles. The molecule has 7 nitrogen and oxygen atoms in total. The predicted molar refractivity (Wildman–Crippen MR) is 109 cm³/mol. The second kappa shape index (κ2) is 7.77. The van der Waals surface area contributed by atoms with Crippen molar-refractivity contribution in [2.75, 3.05) is 37.6 Å². The van der Waals surface area contributed by atoms with Gasteiger partial charge in [0.25, 0.3) is 0 Å². The molecule has 4 rings (SSSR count). The summed E-state index contributed by atoms with van der Waals surface area (Å²) in [4.78, 5) is 20.8. The smallest absolute Gasteiger partial charge is 0.229 e. The molecule has 0 saturated carbocycles. The average molecular weight is 400 g/mol. The standard InChI is InChI=1S/C20H23ClN6O/c1-14-11-16(15(2)27(14)20-22-13-23-24-20)19(28)12-25-7-9-26(10-8-25)18-6-4-3-5-17(18)21/h3-6,11,13H,7-10,12H2,1-2H3,(H,22,23,24)/p+1. The lowest BCUT2D eigenvalue weighted by Crippen LogP contribution is -3.15. The van der Waals surface area contributed by atoms with Gasteiger partial charge in [-0.15, -0.1) is 0 Å². The third-order valence-corrected chi connectivity index (χ3v) is 5.74. The number of ketones is 1. The van der Waals surface area contributed by atoms with Crippen LogP contribution >= 0.6 is 11.6 Å². The second-order valence-corrected chi connectivity index (χ2v) is 7.62. The van der Waals surface area contributed by atoms with Crippen LogP contribution in [0.2, 0.25) is 5.02 Å². The summed E-state index contributed by atoms with van der Waals surface area (Å²) in [5.74, 6) is 0.801. The maximum atomic E-state index is 13.0. The molecule has 0 spiro atoms. The molecule has 0 radical (unpaired) electrons. The zero-order valence-electron chi connectivity index (χ0n) is 16.1. The van der Waals surface area contributed by atoms with Crippen LogP contribution in [0.1, 0.15) is 21.7 Å². The Morgan fingerprint density at radius 3 is 2.68 bits per heavy atom. The van der Waals surface area contributed by atoms with Crippen LogP contribution in [0.15, 0.2) is 36.7 Å². The Balaban J connectivity index is 1.42. The van der Waals surface area contributed by atoms with E-state index in [1.165, 1.54) is 11.2 Å². The first-order chi connectivity index (χ1) is 13.5. The molecule has 1 aromatic carbocycles. The van der Waals surface area contributed by atoms with Crippen LogP contribution in [0.4, 0.5) is 5.69 Å². The number of benzene rings is 1. The minimum absolute atomic E-state index is 0.167. The van der Waals surface area contributed by atoms with Crippen molar-refractivity contribution in [2.45, 2.75) is 13.8 Å². The van der Waals surface area contributed by atoms with Crippen molar-refractivity contribution in [3.8, 4) is 5.95 Å². The number of rotatable bonds is 5. The van der Waals surface area contributed by atoms with E-state index >= 15 is 0 Å². The zero-order valence-corrected chi connectivity index (χ0v) is 16.8. The van der Waals surface area contributed by atoms with Crippen LogP contribution in [0, 0.1) is 13.8 Å². The third-order valence-electron chi connectivity index (χ3n) is 5.42. The molecule has 0 unspecified atom stereocenters. The van der Waals surface area contributed by atoms with Crippen molar-refractivity contribution >= 4 is 23.1 Å². The van der Waals surface area contributed by atoms with Gasteiger partial charge in [0, 0.05) is 17.0 Å². The molecule has 0 bridgehead atoms. The number of aromatic nitrogens is 4. The van der Waals surface area contributed by atoms with Gasteiger partial charge in [-0.1, -0.05) is 23.7 Å². The Bertz CT molecular complexity index is 973. The number of aryl methyl sites for hydroxylation is 1. The van der Waals surface area contributed by atoms with Gasteiger partial charge in [0.2, 0.25) is 11.7 Å². The monoisotopic (exact) mass is 399 g/mol.